The van der Waals surface area contributed by atoms with Crippen molar-refractivity contribution in [2.24, 2.45) is 0 Å². The van der Waals surface area contributed by atoms with Gasteiger partial charge in [-0.1, -0.05) is 24.8 Å². The number of likely N-dealkylation sites (N-methyl/N-ethyl adjacent to an activating group) is 1. The van der Waals surface area contributed by atoms with Crippen LogP contribution in [0, 0.1) is 12.3 Å². The van der Waals surface area contributed by atoms with Gasteiger partial charge in [-0.05, 0) is 40.0 Å². The molecule has 0 radical (unpaired) electrons. The molecule has 0 unspecified atom stereocenters. The van der Waals surface area contributed by atoms with Crippen molar-refractivity contribution in [3.63, 3.8) is 0 Å². The summed E-state index contributed by atoms with van der Waals surface area (Å²) in [6.07, 6.45) is 12.3. The monoisotopic (exact) mass is 222 g/mol. The number of hydrogen-bond donors (Lipinski definition) is 0. The smallest absolute Gasteiger partial charge is 0.0596 e. The van der Waals surface area contributed by atoms with Gasteiger partial charge in [-0.3, -0.25) is 4.90 Å². The van der Waals surface area contributed by atoms with Crippen LogP contribution in [0.25, 0.3) is 0 Å². The van der Waals surface area contributed by atoms with Gasteiger partial charge >= 0.3 is 0 Å². The third-order valence-corrected chi connectivity index (χ3v) is 2.63. The van der Waals surface area contributed by atoms with Crippen molar-refractivity contribution >= 4 is 0 Å². The Bertz CT molecular complexity index is 205. The molecular formula is C14H26N2. The van der Waals surface area contributed by atoms with Gasteiger partial charge in [0.1, 0.15) is 0 Å². The quantitative estimate of drug-likeness (QED) is 0.318. The highest BCUT2D eigenvalue weighted by Gasteiger charge is 1.97. The highest BCUT2D eigenvalue weighted by atomic mass is 15.1. The molecule has 0 N–H and O–H groups in total. The van der Waals surface area contributed by atoms with Crippen LogP contribution in [0.1, 0.15) is 25.7 Å². The Morgan fingerprint density at radius 2 is 1.62 bits per heavy atom. The van der Waals surface area contributed by atoms with E-state index in [1.165, 1.54) is 32.2 Å². The molecule has 2 nitrogen and oxygen atoms in total. The van der Waals surface area contributed by atoms with Gasteiger partial charge in [-0.2, -0.15) is 0 Å². The second-order valence-electron chi connectivity index (χ2n) is 4.41. The van der Waals surface area contributed by atoms with E-state index in [0.29, 0.717) is 0 Å². The fourth-order valence-corrected chi connectivity index (χ4v) is 1.66. The fourth-order valence-electron chi connectivity index (χ4n) is 1.66. The predicted molar refractivity (Wildman–Crippen MR) is 72.5 cm³/mol. The Kier molecular flexibility index (Phi) is 10.2. The van der Waals surface area contributed by atoms with Crippen LogP contribution in [0.5, 0.6) is 0 Å². The maximum atomic E-state index is 5.24. The summed E-state index contributed by atoms with van der Waals surface area (Å²) in [7, 11) is 4.22. The van der Waals surface area contributed by atoms with E-state index in [-0.39, 0.29) is 0 Å². The van der Waals surface area contributed by atoms with E-state index in [2.05, 4.69) is 36.4 Å². The van der Waals surface area contributed by atoms with E-state index in [4.69, 9.17) is 6.42 Å². The van der Waals surface area contributed by atoms with Crippen LogP contribution in [-0.2, 0) is 0 Å². The lowest BCUT2D eigenvalue weighted by Gasteiger charge is -2.14. The second-order valence-corrected chi connectivity index (χ2v) is 4.41. The van der Waals surface area contributed by atoms with Crippen LogP contribution >= 0.6 is 0 Å². The van der Waals surface area contributed by atoms with Gasteiger partial charge < -0.3 is 4.90 Å². The molecule has 0 aromatic rings. The Balaban J connectivity index is 3.21. The summed E-state index contributed by atoms with van der Waals surface area (Å²) in [6, 6.07) is 0. The normalized spacial score (nSPS) is 10.7. The molecule has 2 heteroatoms. The van der Waals surface area contributed by atoms with Crippen molar-refractivity contribution in [1.82, 2.24) is 9.80 Å². The van der Waals surface area contributed by atoms with Gasteiger partial charge in [-0.25, -0.2) is 0 Å². The number of nitrogens with zero attached hydrogens (tertiary/aromatic N) is 2. The van der Waals surface area contributed by atoms with Gasteiger partial charge in [-0.15, -0.1) is 13.0 Å². The van der Waals surface area contributed by atoms with Gasteiger partial charge in [0.15, 0.2) is 0 Å². The van der Waals surface area contributed by atoms with Crippen molar-refractivity contribution in [1.29, 1.82) is 0 Å². The van der Waals surface area contributed by atoms with Crippen LogP contribution in [0.15, 0.2) is 12.7 Å². The minimum absolute atomic E-state index is 0.766. The standard InChI is InChI=1S/C14H26N2/c1-5-11-15(3)13-9-7-8-10-14-16(4)12-6-2/h1,6H,2,7-14H2,3-4H3. The zero-order valence-electron chi connectivity index (χ0n) is 10.9. The van der Waals surface area contributed by atoms with Crippen molar-refractivity contribution in [2.45, 2.75) is 25.7 Å². The maximum Gasteiger partial charge on any atom is 0.0596 e. The topological polar surface area (TPSA) is 6.48 Å². The molecule has 0 fully saturated rings. The van der Waals surface area contributed by atoms with E-state index in [1.807, 2.05) is 6.08 Å². The molecule has 0 saturated heterocycles. The lowest BCUT2D eigenvalue weighted by molar-refractivity contribution is 0.341. The zero-order chi connectivity index (χ0) is 12.2. The van der Waals surface area contributed by atoms with E-state index < -0.39 is 0 Å². The molecule has 0 rings (SSSR count). The number of terminal acetylenes is 1. The lowest BCUT2D eigenvalue weighted by Crippen LogP contribution is -2.20. The maximum absolute atomic E-state index is 5.24. The predicted octanol–water partition coefficient (Wildman–Crippen LogP) is 2.23. The van der Waals surface area contributed by atoms with E-state index in [0.717, 1.165) is 19.6 Å². The molecule has 0 aliphatic carbocycles. The van der Waals surface area contributed by atoms with Gasteiger partial charge in [0.25, 0.3) is 0 Å². The Morgan fingerprint density at radius 1 is 1.06 bits per heavy atom. The van der Waals surface area contributed by atoms with E-state index >= 15 is 0 Å². The van der Waals surface area contributed by atoms with Crippen LogP contribution in [0.4, 0.5) is 0 Å². The summed E-state index contributed by atoms with van der Waals surface area (Å²) >= 11 is 0. The summed E-state index contributed by atoms with van der Waals surface area (Å²) in [5.41, 5.74) is 0. The van der Waals surface area contributed by atoms with E-state index in [9.17, 15) is 0 Å². The summed E-state index contributed by atoms with van der Waals surface area (Å²) in [5.74, 6) is 2.66. The third kappa shape index (κ3) is 9.76. The van der Waals surface area contributed by atoms with Gasteiger partial charge in [0, 0.05) is 6.54 Å². The SMILES string of the molecule is C#CCN(C)CCCCCCN(C)CC=C. The van der Waals surface area contributed by atoms with Crippen molar-refractivity contribution in [2.75, 3.05) is 40.3 Å². The van der Waals surface area contributed by atoms with Gasteiger partial charge in [0.2, 0.25) is 0 Å². The molecule has 0 aliphatic heterocycles. The van der Waals surface area contributed by atoms with Gasteiger partial charge in [0.05, 0.1) is 6.54 Å². The first kappa shape index (κ1) is 15.2. The molecule has 0 amide bonds. The third-order valence-electron chi connectivity index (χ3n) is 2.63. The average molecular weight is 222 g/mol. The molecule has 0 aromatic carbocycles. The number of hydrogen-bond acceptors (Lipinski definition) is 2. The van der Waals surface area contributed by atoms with E-state index in [1.54, 1.807) is 0 Å². The summed E-state index contributed by atoms with van der Waals surface area (Å²) in [6.45, 7) is 7.78. The molecule has 0 aromatic heterocycles. The minimum atomic E-state index is 0.766. The van der Waals surface area contributed by atoms with Crippen LogP contribution in [0.2, 0.25) is 0 Å². The molecular weight excluding hydrogens is 196 g/mol. The van der Waals surface area contributed by atoms with Crippen LogP contribution < -0.4 is 0 Å². The molecule has 0 aliphatic rings. The first-order chi connectivity index (χ1) is 7.70. The zero-order valence-corrected chi connectivity index (χ0v) is 10.9. The summed E-state index contributed by atoms with van der Waals surface area (Å²) < 4.78 is 0. The summed E-state index contributed by atoms with van der Waals surface area (Å²) in [4.78, 5) is 4.50. The Hall–Kier alpha value is -0.780. The average Bonchev–Trinajstić information content (AvgIpc) is 2.24. The Morgan fingerprint density at radius 3 is 2.12 bits per heavy atom. The molecule has 0 heterocycles. The minimum Gasteiger partial charge on any atom is -0.303 e. The highest BCUT2D eigenvalue weighted by molar-refractivity contribution is 4.86. The first-order valence-corrected chi connectivity index (χ1v) is 6.12. The molecule has 0 spiro atoms. The number of rotatable bonds is 10. The fraction of sp³-hybridized carbons (Fsp3) is 0.714. The van der Waals surface area contributed by atoms with Crippen LogP contribution in [-0.4, -0.2) is 50.1 Å². The highest BCUT2D eigenvalue weighted by Crippen LogP contribution is 2.02. The molecule has 16 heavy (non-hydrogen) atoms. The van der Waals surface area contributed by atoms with Crippen LogP contribution in [0.3, 0.4) is 0 Å². The van der Waals surface area contributed by atoms with Crippen molar-refractivity contribution < 1.29 is 0 Å². The largest absolute Gasteiger partial charge is 0.303 e. The second kappa shape index (κ2) is 10.7. The molecule has 0 bridgehead atoms. The molecule has 0 atom stereocenters. The molecule has 92 valence electrons. The van der Waals surface area contributed by atoms with Crippen molar-refractivity contribution in [3.8, 4) is 12.3 Å². The first-order valence-electron chi connectivity index (χ1n) is 6.12. The number of unbranched alkanes of at least 4 members (excludes halogenated alkanes) is 3. The summed E-state index contributed by atoms with van der Waals surface area (Å²) in [5, 5.41) is 0. The lowest BCUT2D eigenvalue weighted by atomic mass is 10.2. The van der Waals surface area contributed by atoms with Crippen molar-refractivity contribution in [3.05, 3.63) is 12.7 Å². The molecule has 0 saturated carbocycles. The Labute approximate surface area is 101 Å².